The smallest absolute Gasteiger partial charge is 0.221 e. The van der Waals surface area contributed by atoms with Crippen LogP contribution in [0, 0.1) is 0 Å². The first-order valence-electron chi connectivity index (χ1n) is 5.94. The SMILES string of the molecule is CCC(O)(C1=NC(C)(C)CO1)c1ccncc1Br. The summed E-state index contributed by atoms with van der Waals surface area (Å²) in [6.07, 6.45) is 3.81. The molecule has 1 aliphatic heterocycles. The van der Waals surface area contributed by atoms with Gasteiger partial charge in [0.1, 0.15) is 6.61 Å². The lowest BCUT2D eigenvalue weighted by Gasteiger charge is -2.27. The Morgan fingerprint density at radius 3 is 2.78 bits per heavy atom. The highest BCUT2D eigenvalue weighted by Crippen LogP contribution is 2.35. The summed E-state index contributed by atoms with van der Waals surface area (Å²) in [6.45, 7) is 6.37. The zero-order valence-corrected chi connectivity index (χ0v) is 12.4. The molecule has 1 atom stereocenters. The Morgan fingerprint density at radius 1 is 1.56 bits per heavy atom. The summed E-state index contributed by atoms with van der Waals surface area (Å²) in [4.78, 5) is 8.49. The molecule has 0 saturated heterocycles. The van der Waals surface area contributed by atoms with Crippen molar-refractivity contribution in [3.8, 4) is 0 Å². The maximum Gasteiger partial charge on any atom is 0.221 e. The second kappa shape index (κ2) is 4.63. The summed E-state index contributed by atoms with van der Waals surface area (Å²) in [5.41, 5.74) is -0.746. The summed E-state index contributed by atoms with van der Waals surface area (Å²) in [7, 11) is 0. The standard InChI is InChI=1S/C13H17BrN2O2/c1-4-13(17,9-5-6-15-7-10(9)14)11-16-12(2,3)8-18-11/h5-7,17H,4,8H2,1-3H3. The largest absolute Gasteiger partial charge is 0.476 e. The topological polar surface area (TPSA) is 54.7 Å². The first-order valence-corrected chi connectivity index (χ1v) is 6.74. The molecule has 0 bridgehead atoms. The van der Waals surface area contributed by atoms with E-state index in [4.69, 9.17) is 4.74 Å². The fraction of sp³-hybridized carbons (Fsp3) is 0.538. The van der Waals surface area contributed by atoms with Gasteiger partial charge in [0.05, 0.1) is 5.54 Å². The van der Waals surface area contributed by atoms with Crippen molar-refractivity contribution >= 4 is 21.8 Å². The Labute approximate surface area is 115 Å². The van der Waals surface area contributed by atoms with Crippen molar-refractivity contribution in [2.24, 2.45) is 4.99 Å². The molecule has 0 fully saturated rings. The van der Waals surface area contributed by atoms with E-state index in [0.29, 0.717) is 18.9 Å². The summed E-state index contributed by atoms with van der Waals surface area (Å²) in [5, 5.41) is 10.9. The Morgan fingerprint density at radius 2 is 2.28 bits per heavy atom. The molecular weight excluding hydrogens is 296 g/mol. The second-order valence-electron chi connectivity index (χ2n) is 5.09. The molecule has 1 aromatic rings. The number of aromatic nitrogens is 1. The third-order valence-corrected chi connectivity index (χ3v) is 3.68. The lowest BCUT2D eigenvalue weighted by Crippen LogP contribution is -2.35. The van der Waals surface area contributed by atoms with Crippen LogP contribution in [0.2, 0.25) is 0 Å². The Hall–Kier alpha value is -0.940. The summed E-state index contributed by atoms with van der Waals surface area (Å²) in [5.74, 6) is 0.391. The molecule has 5 heteroatoms. The zero-order chi connectivity index (χ0) is 13.4. The third-order valence-electron chi connectivity index (χ3n) is 3.05. The number of aliphatic hydroxyl groups is 1. The molecule has 1 unspecified atom stereocenters. The average Bonchev–Trinajstić information content (AvgIpc) is 2.70. The van der Waals surface area contributed by atoms with Crippen LogP contribution in [0.15, 0.2) is 27.9 Å². The van der Waals surface area contributed by atoms with Crippen molar-refractivity contribution in [3.63, 3.8) is 0 Å². The van der Waals surface area contributed by atoms with Crippen LogP contribution < -0.4 is 0 Å². The molecule has 4 nitrogen and oxygen atoms in total. The lowest BCUT2D eigenvalue weighted by molar-refractivity contribution is 0.0771. The molecule has 18 heavy (non-hydrogen) atoms. The van der Waals surface area contributed by atoms with Crippen molar-refractivity contribution in [1.82, 2.24) is 4.98 Å². The zero-order valence-electron chi connectivity index (χ0n) is 10.8. The Balaban J connectivity index is 2.47. The van der Waals surface area contributed by atoms with Crippen LogP contribution in [0.25, 0.3) is 0 Å². The fourth-order valence-electron chi connectivity index (χ4n) is 1.96. The van der Waals surface area contributed by atoms with Crippen molar-refractivity contribution in [1.29, 1.82) is 0 Å². The van der Waals surface area contributed by atoms with Gasteiger partial charge in [-0.25, -0.2) is 4.99 Å². The number of aliphatic imine (C=N–C) groups is 1. The number of pyridine rings is 1. The molecule has 2 rings (SSSR count). The number of hydrogen-bond acceptors (Lipinski definition) is 4. The molecule has 1 N–H and O–H groups in total. The van der Waals surface area contributed by atoms with Crippen molar-refractivity contribution in [3.05, 3.63) is 28.5 Å². The second-order valence-corrected chi connectivity index (χ2v) is 5.94. The predicted molar refractivity (Wildman–Crippen MR) is 73.6 cm³/mol. The van der Waals surface area contributed by atoms with Crippen LogP contribution in [0.4, 0.5) is 0 Å². The van der Waals surface area contributed by atoms with Crippen LogP contribution >= 0.6 is 15.9 Å². The minimum Gasteiger partial charge on any atom is -0.476 e. The number of rotatable bonds is 3. The van der Waals surface area contributed by atoms with Crippen molar-refractivity contribution in [2.75, 3.05) is 6.61 Å². The Kier molecular flexibility index (Phi) is 3.47. The van der Waals surface area contributed by atoms with Gasteiger partial charge in [-0.2, -0.15) is 0 Å². The molecule has 0 aromatic carbocycles. The maximum atomic E-state index is 10.9. The van der Waals surface area contributed by atoms with E-state index >= 15 is 0 Å². The van der Waals surface area contributed by atoms with Gasteiger partial charge in [-0.15, -0.1) is 0 Å². The first-order chi connectivity index (χ1) is 8.39. The van der Waals surface area contributed by atoms with Gasteiger partial charge in [0.25, 0.3) is 0 Å². The van der Waals surface area contributed by atoms with Gasteiger partial charge >= 0.3 is 0 Å². The highest BCUT2D eigenvalue weighted by Gasteiger charge is 2.42. The predicted octanol–water partition coefficient (Wildman–Crippen LogP) is 2.65. The number of halogens is 1. The summed E-state index contributed by atoms with van der Waals surface area (Å²) in [6, 6.07) is 1.78. The van der Waals surface area contributed by atoms with Gasteiger partial charge in [0.15, 0.2) is 5.60 Å². The number of hydrogen-bond donors (Lipinski definition) is 1. The van der Waals surface area contributed by atoms with Gasteiger partial charge in [-0.1, -0.05) is 6.92 Å². The van der Waals surface area contributed by atoms with E-state index in [2.05, 4.69) is 25.9 Å². The molecule has 0 aliphatic carbocycles. The van der Waals surface area contributed by atoms with Crippen LogP contribution in [-0.2, 0) is 10.3 Å². The summed E-state index contributed by atoms with van der Waals surface area (Å²) < 4.78 is 6.35. The van der Waals surface area contributed by atoms with Gasteiger partial charge in [0, 0.05) is 22.4 Å². The fourth-order valence-corrected chi connectivity index (χ4v) is 2.54. The van der Waals surface area contributed by atoms with Gasteiger partial charge in [0.2, 0.25) is 5.90 Å². The Bertz CT molecular complexity index is 488. The van der Waals surface area contributed by atoms with Crippen molar-refractivity contribution < 1.29 is 9.84 Å². The van der Waals surface area contributed by atoms with E-state index in [0.717, 1.165) is 10.0 Å². The monoisotopic (exact) mass is 312 g/mol. The normalized spacial score (nSPS) is 21.1. The maximum absolute atomic E-state index is 10.9. The summed E-state index contributed by atoms with van der Waals surface area (Å²) >= 11 is 3.42. The van der Waals surface area contributed by atoms with Gasteiger partial charge in [-0.3, -0.25) is 4.98 Å². The van der Waals surface area contributed by atoms with E-state index in [-0.39, 0.29) is 5.54 Å². The van der Waals surface area contributed by atoms with E-state index in [1.54, 1.807) is 18.5 Å². The number of nitrogens with zero attached hydrogens (tertiary/aromatic N) is 2. The first kappa shape index (κ1) is 13.5. The molecule has 0 spiro atoms. The number of ether oxygens (including phenoxy) is 1. The van der Waals surface area contributed by atoms with E-state index in [1.807, 2.05) is 20.8 Å². The van der Waals surface area contributed by atoms with E-state index in [1.165, 1.54) is 0 Å². The highest BCUT2D eigenvalue weighted by atomic mass is 79.9. The average molecular weight is 313 g/mol. The van der Waals surface area contributed by atoms with Gasteiger partial charge in [-0.05, 0) is 42.3 Å². The molecule has 98 valence electrons. The minimum atomic E-state index is -1.20. The minimum absolute atomic E-state index is 0.280. The highest BCUT2D eigenvalue weighted by molar-refractivity contribution is 9.10. The molecule has 1 aromatic heterocycles. The molecule has 0 saturated carbocycles. The molecule has 0 radical (unpaired) electrons. The van der Waals surface area contributed by atoms with Crippen LogP contribution in [-0.4, -0.2) is 28.1 Å². The molecule has 0 amide bonds. The van der Waals surface area contributed by atoms with Crippen LogP contribution in [0.1, 0.15) is 32.8 Å². The van der Waals surface area contributed by atoms with Crippen LogP contribution in [0.3, 0.4) is 0 Å². The van der Waals surface area contributed by atoms with Crippen molar-refractivity contribution in [2.45, 2.75) is 38.3 Å². The third kappa shape index (κ3) is 2.29. The molecular formula is C13H17BrN2O2. The van der Waals surface area contributed by atoms with Crippen LogP contribution in [0.5, 0.6) is 0 Å². The van der Waals surface area contributed by atoms with E-state index < -0.39 is 5.60 Å². The van der Waals surface area contributed by atoms with E-state index in [9.17, 15) is 5.11 Å². The quantitative estimate of drug-likeness (QED) is 0.933. The van der Waals surface area contributed by atoms with Gasteiger partial charge < -0.3 is 9.84 Å². The molecule has 2 heterocycles. The lowest BCUT2D eigenvalue weighted by atomic mass is 9.91. The molecule has 1 aliphatic rings.